The van der Waals surface area contributed by atoms with Gasteiger partial charge < -0.3 is 15.4 Å². The molecule has 1 saturated heterocycles. The van der Waals surface area contributed by atoms with Crippen LogP contribution in [-0.2, 0) is 4.74 Å². The lowest BCUT2D eigenvalue weighted by atomic mass is 10.1. The average Bonchev–Trinajstić information content (AvgIpc) is 2.46. The zero-order chi connectivity index (χ0) is 16.2. The highest BCUT2D eigenvalue weighted by Gasteiger charge is 2.42. The van der Waals surface area contributed by atoms with Crippen LogP contribution >= 0.6 is 0 Å². The maximum atomic E-state index is 13.1. The first-order valence-electron chi connectivity index (χ1n) is 6.83. The number of nitrogens with one attached hydrogen (secondary N) is 2. The fraction of sp³-hybridized carbons (Fsp3) is 0.500. The van der Waals surface area contributed by atoms with Crippen molar-refractivity contribution in [3.8, 4) is 0 Å². The molecule has 0 bridgehead atoms. The first kappa shape index (κ1) is 16.5. The molecule has 8 heteroatoms. The summed E-state index contributed by atoms with van der Waals surface area (Å²) >= 11 is 0. The van der Waals surface area contributed by atoms with Crippen LogP contribution in [0.1, 0.15) is 24.4 Å². The summed E-state index contributed by atoms with van der Waals surface area (Å²) in [6, 6.07) is 0.399. The summed E-state index contributed by atoms with van der Waals surface area (Å²) in [6.45, 7) is 0.862. The SMILES string of the molecule is O=C(N[C@H]1CCCOC1)N[C@@H](c1ccc(F)cc1)C(F)(F)F. The number of rotatable bonds is 3. The van der Waals surface area contributed by atoms with Gasteiger partial charge in [-0.2, -0.15) is 13.2 Å². The Morgan fingerprint density at radius 3 is 2.50 bits per heavy atom. The molecular formula is C14H16F4N2O2. The number of benzene rings is 1. The molecule has 22 heavy (non-hydrogen) atoms. The van der Waals surface area contributed by atoms with Crippen molar-refractivity contribution in [1.82, 2.24) is 10.6 Å². The molecule has 0 spiro atoms. The van der Waals surface area contributed by atoms with Crippen molar-refractivity contribution in [2.45, 2.75) is 31.1 Å². The number of urea groups is 1. The highest BCUT2D eigenvalue weighted by atomic mass is 19.4. The van der Waals surface area contributed by atoms with Gasteiger partial charge in [0.25, 0.3) is 0 Å². The molecule has 1 aliphatic heterocycles. The molecule has 4 nitrogen and oxygen atoms in total. The van der Waals surface area contributed by atoms with Crippen LogP contribution in [0, 0.1) is 5.82 Å². The summed E-state index contributed by atoms with van der Waals surface area (Å²) in [5.41, 5.74) is -0.232. The molecule has 1 aromatic rings. The van der Waals surface area contributed by atoms with E-state index >= 15 is 0 Å². The quantitative estimate of drug-likeness (QED) is 0.842. The first-order chi connectivity index (χ1) is 10.4. The van der Waals surface area contributed by atoms with E-state index in [1.165, 1.54) is 0 Å². The molecule has 0 aromatic heterocycles. The van der Waals surface area contributed by atoms with Crippen LogP contribution in [0.5, 0.6) is 0 Å². The molecule has 0 unspecified atom stereocenters. The van der Waals surface area contributed by atoms with E-state index in [0.29, 0.717) is 13.0 Å². The Morgan fingerprint density at radius 2 is 1.95 bits per heavy atom. The minimum atomic E-state index is -4.68. The summed E-state index contributed by atoms with van der Waals surface area (Å²) in [5, 5.41) is 4.34. The number of amides is 2. The monoisotopic (exact) mass is 320 g/mol. The van der Waals surface area contributed by atoms with Crippen molar-refractivity contribution in [3.63, 3.8) is 0 Å². The van der Waals surface area contributed by atoms with Gasteiger partial charge in [-0.05, 0) is 30.5 Å². The molecule has 122 valence electrons. The van der Waals surface area contributed by atoms with Crippen molar-refractivity contribution < 1.29 is 27.1 Å². The maximum absolute atomic E-state index is 13.1. The van der Waals surface area contributed by atoms with Gasteiger partial charge in [0.1, 0.15) is 5.82 Å². The normalized spacial score (nSPS) is 20.3. The second-order valence-corrected chi connectivity index (χ2v) is 5.06. The van der Waals surface area contributed by atoms with E-state index in [9.17, 15) is 22.4 Å². The van der Waals surface area contributed by atoms with Gasteiger partial charge in [0.15, 0.2) is 6.04 Å². The Morgan fingerprint density at radius 1 is 1.27 bits per heavy atom. The van der Waals surface area contributed by atoms with E-state index in [1.54, 1.807) is 0 Å². The summed E-state index contributed by atoms with van der Waals surface area (Å²) in [7, 11) is 0. The molecule has 1 fully saturated rings. The molecule has 0 saturated carbocycles. The Labute approximate surface area is 124 Å². The number of carbonyl (C=O) groups is 1. The fourth-order valence-electron chi connectivity index (χ4n) is 2.22. The molecule has 2 N–H and O–H groups in total. The van der Waals surface area contributed by atoms with Gasteiger partial charge in [0.05, 0.1) is 12.6 Å². The lowest BCUT2D eigenvalue weighted by molar-refractivity contribution is -0.155. The number of ether oxygens (including phenoxy) is 1. The number of hydrogen-bond donors (Lipinski definition) is 2. The summed E-state index contributed by atoms with van der Waals surface area (Å²) in [4.78, 5) is 11.8. The largest absolute Gasteiger partial charge is 0.412 e. The molecule has 2 amide bonds. The number of carbonyl (C=O) groups excluding carboxylic acids is 1. The molecular weight excluding hydrogens is 304 g/mol. The van der Waals surface area contributed by atoms with Crippen molar-refractivity contribution >= 4 is 6.03 Å². The minimum absolute atomic E-state index is 0.232. The minimum Gasteiger partial charge on any atom is -0.379 e. The molecule has 2 atom stereocenters. The van der Waals surface area contributed by atoms with Gasteiger partial charge in [-0.25, -0.2) is 9.18 Å². The van der Waals surface area contributed by atoms with Crippen LogP contribution in [0.4, 0.5) is 22.4 Å². The Bertz CT molecular complexity index is 499. The Hall–Kier alpha value is -1.83. The highest BCUT2D eigenvalue weighted by molar-refractivity contribution is 5.75. The smallest absolute Gasteiger partial charge is 0.379 e. The van der Waals surface area contributed by atoms with Gasteiger partial charge in [0.2, 0.25) is 0 Å². The second-order valence-electron chi connectivity index (χ2n) is 5.06. The lowest BCUT2D eigenvalue weighted by Gasteiger charge is -2.26. The van der Waals surface area contributed by atoms with Gasteiger partial charge >= 0.3 is 12.2 Å². The van der Waals surface area contributed by atoms with Crippen LogP contribution in [0.2, 0.25) is 0 Å². The standard InChI is InChI=1S/C14H16F4N2O2/c15-10-5-3-9(4-6-10)12(14(16,17)18)20-13(21)19-11-2-1-7-22-8-11/h3-6,11-12H,1-2,7-8H2,(H2,19,20,21)/t11-,12-/m0/s1. The van der Waals surface area contributed by atoms with Crippen LogP contribution in [-0.4, -0.2) is 31.5 Å². The topological polar surface area (TPSA) is 50.4 Å². The van der Waals surface area contributed by atoms with Gasteiger partial charge in [0, 0.05) is 6.61 Å². The maximum Gasteiger partial charge on any atom is 0.412 e. The molecule has 0 radical (unpaired) electrons. The third kappa shape index (κ3) is 4.59. The number of halogens is 4. The first-order valence-corrected chi connectivity index (χ1v) is 6.83. The van der Waals surface area contributed by atoms with E-state index in [-0.39, 0.29) is 18.2 Å². The van der Waals surface area contributed by atoms with E-state index in [0.717, 1.165) is 30.7 Å². The molecule has 2 rings (SSSR count). The molecule has 1 aromatic carbocycles. The van der Waals surface area contributed by atoms with Crippen molar-refractivity contribution in [3.05, 3.63) is 35.6 Å². The second kappa shape index (κ2) is 6.95. The molecule has 1 aliphatic rings. The molecule has 0 aliphatic carbocycles. The third-order valence-corrected chi connectivity index (χ3v) is 3.30. The van der Waals surface area contributed by atoms with Gasteiger partial charge in [-0.3, -0.25) is 0 Å². The van der Waals surface area contributed by atoms with Crippen LogP contribution < -0.4 is 10.6 Å². The fourth-order valence-corrected chi connectivity index (χ4v) is 2.22. The summed E-state index contributed by atoms with van der Waals surface area (Å²) in [5.74, 6) is -0.645. The van der Waals surface area contributed by atoms with Gasteiger partial charge in [-0.1, -0.05) is 12.1 Å². The lowest BCUT2D eigenvalue weighted by Crippen LogP contribution is -2.49. The van der Waals surface area contributed by atoms with E-state index < -0.39 is 24.1 Å². The predicted molar refractivity (Wildman–Crippen MR) is 70.7 cm³/mol. The zero-order valence-corrected chi connectivity index (χ0v) is 11.6. The average molecular weight is 320 g/mol. The summed E-state index contributed by atoms with van der Waals surface area (Å²) in [6.07, 6.45) is -3.29. The zero-order valence-electron chi connectivity index (χ0n) is 11.6. The van der Waals surface area contributed by atoms with Gasteiger partial charge in [-0.15, -0.1) is 0 Å². The van der Waals surface area contributed by atoms with E-state index in [4.69, 9.17) is 4.74 Å². The van der Waals surface area contributed by atoms with Crippen molar-refractivity contribution in [2.75, 3.05) is 13.2 Å². The Kier molecular flexibility index (Phi) is 5.23. The number of hydrogen-bond acceptors (Lipinski definition) is 2. The van der Waals surface area contributed by atoms with Crippen molar-refractivity contribution in [2.24, 2.45) is 0 Å². The predicted octanol–water partition coefficient (Wildman–Crippen LogP) is 2.91. The Balaban J connectivity index is 2.03. The third-order valence-electron chi connectivity index (χ3n) is 3.30. The molecule has 1 heterocycles. The van der Waals surface area contributed by atoms with Crippen LogP contribution in [0.25, 0.3) is 0 Å². The highest BCUT2D eigenvalue weighted by Crippen LogP contribution is 2.32. The number of alkyl halides is 3. The van der Waals surface area contributed by atoms with Crippen molar-refractivity contribution in [1.29, 1.82) is 0 Å². The van der Waals surface area contributed by atoms with Crippen LogP contribution in [0.3, 0.4) is 0 Å². The van der Waals surface area contributed by atoms with Crippen LogP contribution in [0.15, 0.2) is 24.3 Å². The van der Waals surface area contributed by atoms with E-state index in [2.05, 4.69) is 5.32 Å². The summed E-state index contributed by atoms with van der Waals surface area (Å²) < 4.78 is 57.2. The van der Waals surface area contributed by atoms with E-state index in [1.807, 2.05) is 5.32 Å².